The lowest BCUT2D eigenvalue weighted by Gasteiger charge is -2.18. The minimum atomic E-state index is -0.648. The summed E-state index contributed by atoms with van der Waals surface area (Å²) < 4.78 is 0. The van der Waals surface area contributed by atoms with Gasteiger partial charge in [-0.3, -0.25) is 19.4 Å². The smallest absolute Gasteiger partial charge is 0.350 e. The third-order valence-corrected chi connectivity index (χ3v) is 5.60. The molecule has 0 spiro atoms. The number of H-pyrrole nitrogens is 1. The number of amides is 1. The largest absolute Gasteiger partial charge is 0.369 e. The Kier molecular flexibility index (Phi) is 5.17. The Balaban J connectivity index is 1.41. The quantitative estimate of drug-likeness (QED) is 0.314. The first-order valence-electron chi connectivity index (χ1n) is 10.6. The van der Waals surface area contributed by atoms with E-state index in [-0.39, 0.29) is 40.2 Å². The second-order valence-corrected chi connectivity index (χ2v) is 7.94. The van der Waals surface area contributed by atoms with Crippen LogP contribution >= 0.6 is 0 Å². The van der Waals surface area contributed by atoms with Gasteiger partial charge >= 0.3 is 5.69 Å². The molecule has 1 aliphatic rings. The normalized spacial score (nSPS) is 12.0. The average Bonchev–Trinajstić information content (AvgIpc) is 2.83. The summed E-state index contributed by atoms with van der Waals surface area (Å²) in [5.41, 5.74) is 8.08. The van der Waals surface area contributed by atoms with E-state index >= 15 is 0 Å². The van der Waals surface area contributed by atoms with Gasteiger partial charge in [-0.05, 0) is 42.8 Å². The molecule has 1 aromatic heterocycles. The highest BCUT2D eigenvalue weighted by Gasteiger charge is 2.29. The molecule has 5 N–H and O–H groups in total. The molecule has 0 radical (unpaired) electrons. The highest BCUT2D eigenvalue weighted by Crippen LogP contribution is 2.28. The molecule has 1 amide bonds. The number of carbonyl (C=O) groups excluding carboxylic acids is 3. The number of nitrogens with one attached hydrogen (secondary N) is 3. The van der Waals surface area contributed by atoms with Crippen molar-refractivity contribution in [2.45, 2.75) is 6.92 Å². The maximum absolute atomic E-state index is 13.0. The average molecular weight is 466 g/mol. The lowest BCUT2D eigenvalue weighted by molar-refractivity contribution is 0.0978. The van der Waals surface area contributed by atoms with Crippen LogP contribution in [0.1, 0.15) is 47.8 Å². The zero-order chi connectivity index (χ0) is 24.7. The van der Waals surface area contributed by atoms with Crippen LogP contribution in [-0.4, -0.2) is 32.4 Å². The van der Waals surface area contributed by atoms with Crippen LogP contribution in [0.3, 0.4) is 0 Å². The molecule has 3 aromatic carbocycles. The molecule has 1 heterocycles. The van der Waals surface area contributed by atoms with Gasteiger partial charge in [-0.25, -0.2) is 4.79 Å². The van der Waals surface area contributed by atoms with Crippen molar-refractivity contribution in [2.75, 3.05) is 16.4 Å². The number of hydrogen-bond donors (Lipinski definition) is 4. The Labute approximate surface area is 198 Å². The number of rotatable bonds is 4. The molecule has 35 heavy (non-hydrogen) atoms. The monoisotopic (exact) mass is 466 g/mol. The molecule has 0 unspecified atom stereocenters. The maximum Gasteiger partial charge on any atom is 0.350 e. The highest BCUT2D eigenvalue weighted by atomic mass is 16.2. The molecular weight excluding hydrogens is 448 g/mol. The topological polar surface area (TPSA) is 160 Å². The molecule has 1 aliphatic carbocycles. The number of aromatic nitrogens is 3. The van der Waals surface area contributed by atoms with E-state index in [2.05, 4.69) is 25.6 Å². The lowest BCUT2D eigenvalue weighted by Crippen LogP contribution is -2.22. The minimum absolute atomic E-state index is 0.0102. The molecule has 0 bridgehead atoms. The summed E-state index contributed by atoms with van der Waals surface area (Å²) >= 11 is 0. The van der Waals surface area contributed by atoms with Crippen LogP contribution in [0.4, 0.5) is 23.3 Å². The van der Waals surface area contributed by atoms with Crippen molar-refractivity contribution in [3.8, 4) is 0 Å². The third-order valence-electron chi connectivity index (χ3n) is 5.60. The number of nitrogens with two attached hydrogens (primary N) is 1. The van der Waals surface area contributed by atoms with Crippen molar-refractivity contribution in [3.63, 3.8) is 0 Å². The Morgan fingerprint density at radius 2 is 1.54 bits per heavy atom. The molecule has 10 heteroatoms. The van der Waals surface area contributed by atoms with Gasteiger partial charge in [0.25, 0.3) is 5.91 Å². The van der Waals surface area contributed by atoms with E-state index in [1.165, 1.54) is 18.2 Å². The molecule has 0 saturated heterocycles. The summed E-state index contributed by atoms with van der Waals surface area (Å²) in [6.45, 7) is 1.83. The van der Waals surface area contributed by atoms with Crippen molar-refractivity contribution in [3.05, 3.63) is 105 Å². The van der Waals surface area contributed by atoms with E-state index in [9.17, 15) is 19.2 Å². The number of hydrogen-bond acceptors (Lipinski definition) is 8. The van der Waals surface area contributed by atoms with Gasteiger partial charge in [0.1, 0.15) is 0 Å². The maximum atomic E-state index is 13.0. The number of carbonyl (C=O) groups is 3. The fourth-order valence-corrected chi connectivity index (χ4v) is 3.86. The van der Waals surface area contributed by atoms with E-state index in [4.69, 9.17) is 5.73 Å². The molecule has 172 valence electrons. The Morgan fingerprint density at radius 1 is 0.857 bits per heavy atom. The number of nitrogens with zero attached hydrogens (tertiary/aromatic N) is 2. The summed E-state index contributed by atoms with van der Waals surface area (Å²) in [6.07, 6.45) is 0. The molecule has 0 aliphatic heterocycles. The highest BCUT2D eigenvalue weighted by molar-refractivity contribution is 6.28. The van der Waals surface area contributed by atoms with Crippen LogP contribution in [0, 0.1) is 6.92 Å². The summed E-state index contributed by atoms with van der Waals surface area (Å²) in [7, 11) is 0. The fourth-order valence-electron chi connectivity index (χ4n) is 3.86. The standard InChI is InChI=1S/C25H18N6O4/c1-12-6-8-14(11-19(12)28-24-29-23(26)30-25(35)31-24)27-22(34)13-7-9-17-18(10-13)21(33)16-5-3-2-4-15(16)20(17)32/h2-11H,1H3,(H,27,34)(H4,26,28,29,30,31,35). The number of aromatic amines is 1. The molecule has 0 saturated carbocycles. The van der Waals surface area contributed by atoms with Crippen LogP contribution in [0.25, 0.3) is 0 Å². The number of nitrogen functional groups attached to an aromatic ring is 1. The van der Waals surface area contributed by atoms with Gasteiger partial charge in [-0.1, -0.05) is 30.3 Å². The van der Waals surface area contributed by atoms with Crippen molar-refractivity contribution in [1.82, 2.24) is 15.0 Å². The molecular formula is C25H18N6O4. The van der Waals surface area contributed by atoms with Crippen LogP contribution in [-0.2, 0) is 0 Å². The van der Waals surface area contributed by atoms with Crippen molar-refractivity contribution in [2.24, 2.45) is 0 Å². The molecule has 5 rings (SSSR count). The van der Waals surface area contributed by atoms with E-state index in [1.54, 1.807) is 42.5 Å². The summed E-state index contributed by atoms with van der Waals surface area (Å²) in [5.74, 6) is -1.09. The second-order valence-electron chi connectivity index (χ2n) is 7.94. The fraction of sp³-hybridized carbons (Fsp3) is 0.0400. The van der Waals surface area contributed by atoms with Crippen LogP contribution in [0.15, 0.2) is 65.5 Å². The van der Waals surface area contributed by atoms with E-state index in [1.807, 2.05) is 6.92 Å². The number of ketones is 2. The predicted molar refractivity (Wildman–Crippen MR) is 129 cm³/mol. The predicted octanol–water partition coefficient (Wildman–Crippen LogP) is 2.83. The van der Waals surface area contributed by atoms with Gasteiger partial charge in [0, 0.05) is 39.2 Å². The van der Waals surface area contributed by atoms with E-state index in [0.29, 0.717) is 22.5 Å². The first kappa shape index (κ1) is 21.7. The first-order valence-corrected chi connectivity index (χ1v) is 10.6. The summed E-state index contributed by atoms with van der Waals surface area (Å²) in [6, 6.07) is 16.2. The van der Waals surface area contributed by atoms with Crippen molar-refractivity contribution < 1.29 is 14.4 Å². The van der Waals surface area contributed by atoms with Crippen molar-refractivity contribution in [1.29, 1.82) is 0 Å². The van der Waals surface area contributed by atoms with Gasteiger partial charge in [0.15, 0.2) is 11.6 Å². The number of anilines is 4. The van der Waals surface area contributed by atoms with Crippen LogP contribution in [0.2, 0.25) is 0 Å². The van der Waals surface area contributed by atoms with Gasteiger partial charge < -0.3 is 16.4 Å². The lowest BCUT2D eigenvalue weighted by atomic mass is 9.83. The van der Waals surface area contributed by atoms with Crippen LogP contribution in [0.5, 0.6) is 0 Å². The van der Waals surface area contributed by atoms with Gasteiger partial charge in [-0.15, -0.1) is 0 Å². The van der Waals surface area contributed by atoms with Gasteiger partial charge in [0.2, 0.25) is 11.9 Å². The zero-order valence-electron chi connectivity index (χ0n) is 18.4. The SMILES string of the molecule is Cc1ccc(NC(=O)c2ccc3c(c2)C(=O)c2ccccc2C3=O)cc1Nc1nc(N)[nH]c(=O)n1. The summed E-state index contributed by atoms with van der Waals surface area (Å²) in [5, 5.41) is 5.69. The van der Waals surface area contributed by atoms with Gasteiger partial charge in [-0.2, -0.15) is 9.97 Å². The van der Waals surface area contributed by atoms with E-state index < -0.39 is 11.6 Å². The zero-order valence-corrected chi connectivity index (χ0v) is 18.4. The molecule has 0 fully saturated rings. The Morgan fingerprint density at radius 3 is 2.26 bits per heavy atom. The van der Waals surface area contributed by atoms with Gasteiger partial charge in [0.05, 0.1) is 0 Å². The number of fused-ring (bicyclic) bond motifs is 2. The van der Waals surface area contributed by atoms with Crippen LogP contribution < -0.4 is 22.1 Å². The first-order chi connectivity index (χ1) is 16.8. The second kappa shape index (κ2) is 8.34. The Bertz CT molecular complexity index is 1610. The Hall–Kier alpha value is -5.12. The minimum Gasteiger partial charge on any atom is -0.369 e. The molecule has 10 nitrogen and oxygen atoms in total. The molecule has 4 aromatic rings. The van der Waals surface area contributed by atoms with Crippen molar-refractivity contribution >= 4 is 40.7 Å². The number of aryl methyl sites for hydroxylation is 1. The third kappa shape index (κ3) is 4.04. The molecule has 0 atom stereocenters. The van der Waals surface area contributed by atoms with E-state index in [0.717, 1.165) is 5.56 Å². The summed E-state index contributed by atoms with van der Waals surface area (Å²) in [4.78, 5) is 60.2. The number of benzene rings is 3.